The Bertz CT molecular complexity index is 838. The first-order valence-corrected chi connectivity index (χ1v) is 6.02. The molecule has 0 aliphatic rings. The van der Waals surface area contributed by atoms with Gasteiger partial charge in [-0.1, -0.05) is 11.8 Å². The Morgan fingerprint density at radius 1 is 1.33 bits per heavy atom. The molecule has 106 valence electrons. The summed E-state index contributed by atoms with van der Waals surface area (Å²) in [5.41, 5.74) is -0.402. The molecule has 0 radical (unpaired) electrons. The van der Waals surface area contributed by atoms with E-state index >= 15 is 0 Å². The number of amides is 1. The summed E-state index contributed by atoms with van der Waals surface area (Å²) in [7, 11) is 0. The molecule has 2 aromatic rings. The number of carbonyl (C=O) groups is 2. The maximum Gasteiger partial charge on any atom is 0.351 e. The van der Waals surface area contributed by atoms with E-state index in [1.165, 1.54) is 13.0 Å². The van der Waals surface area contributed by atoms with Gasteiger partial charge in [-0.3, -0.25) is 4.79 Å². The number of carbonyl (C=O) groups excluding carboxylic acids is 1. The lowest BCUT2D eigenvalue weighted by atomic mass is 10.1. The van der Waals surface area contributed by atoms with Crippen LogP contribution in [0.1, 0.15) is 22.8 Å². The van der Waals surface area contributed by atoms with Crippen molar-refractivity contribution in [2.45, 2.75) is 6.92 Å². The summed E-state index contributed by atoms with van der Waals surface area (Å²) in [6.07, 6.45) is 0. The maximum absolute atomic E-state index is 11.4. The number of carboxylic acid groups (broad SMARTS) is 1. The fourth-order valence-electron chi connectivity index (χ4n) is 1.67. The second-order valence-electron chi connectivity index (χ2n) is 4.22. The highest BCUT2D eigenvalue weighted by Gasteiger charge is 2.11. The van der Waals surface area contributed by atoms with E-state index in [1.807, 2.05) is 0 Å². The van der Waals surface area contributed by atoms with Gasteiger partial charge in [-0.15, -0.1) is 0 Å². The first kappa shape index (κ1) is 14.3. The Hall–Kier alpha value is -3.07. The average molecular weight is 285 g/mol. The summed E-state index contributed by atoms with van der Waals surface area (Å²) in [4.78, 5) is 33.0. The summed E-state index contributed by atoms with van der Waals surface area (Å²) in [5, 5.41) is 11.9. The summed E-state index contributed by atoms with van der Waals surface area (Å²) in [6.45, 7) is 1.62. The Kier molecular flexibility index (Phi) is 4.05. The Labute approximate surface area is 119 Å². The van der Waals surface area contributed by atoms with Gasteiger partial charge in [0, 0.05) is 17.9 Å². The van der Waals surface area contributed by atoms with E-state index < -0.39 is 17.2 Å². The van der Waals surface area contributed by atoms with Gasteiger partial charge in [0.1, 0.15) is 11.1 Å². The van der Waals surface area contributed by atoms with E-state index in [0.29, 0.717) is 10.9 Å². The Morgan fingerprint density at radius 2 is 2.10 bits per heavy atom. The van der Waals surface area contributed by atoms with Crippen molar-refractivity contribution in [3.63, 3.8) is 0 Å². The van der Waals surface area contributed by atoms with E-state index in [2.05, 4.69) is 17.2 Å². The fourth-order valence-corrected chi connectivity index (χ4v) is 1.67. The molecule has 0 saturated carbocycles. The lowest BCUT2D eigenvalue weighted by molar-refractivity contribution is -0.118. The third kappa shape index (κ3) is 3.48. The van der Waals surface area contributed by atoms with Gasteiger partial charge in [0.2, 0.25) is 5.91 Å². The van der Waals surface area contributed by atoms with Crippen LogP contribution in [-0.4, -0.2) is 23.5 Å². The van der Waals surface area contributed by atoms with Crippen molar-refractivity contribution in [2.24, 2.45) is 0 Å². The molecule has 21 heavy (non-hydrogen) atoms. The third-order valence-corrected chi connectivity index (χ3v) is 2.62. The van der Waals surface area contributed by atoms with Gasteiger partial charge in [0.05, 0.1) is 6.54 Å². The zero-order chi connectivity index (χ0) is 15.4. The topological polar surface area (TPSA) is 96.6 Å². The monoisotopic (exact) mass is 285 g/mol. The molecule has 0 bridgehead atoms. The molecule has 0 aliphatic carbocycles. The van der Waals surface area contributed by atoms with Gasteiger partial charge in [-0.05, 0) is 24.3 Å². The standard InChI is InChI=1S/C15H11NO5/c1-9(17)16-6-2-3-10-4-5-13-11(7-10)8-12(14(18)19)15(20)21-13/h4-5,7-8H,6H2,1H3,(H,16,17)(H,18,19). The highest BCUT2D eigenvalue weighted by atomic mass is 16.4. The van der Waals surface area contributed by atoms with Crippen LogP contribution in [-0.2, 0) is 4.79 Å². The molecule has 6 nitrogen and oxygen atoms in total. The van der Waals surface area contributed by atoms with Crippen LogP contribution in [0.15, 0.2) is 33.5 Å². The Balaban J connectivity index is 2.36. The van der Waals surface area contributed by atoms with Crippen molar-refractivity contribution >= 4 is 22.8 Å². The molecule has 0 saturated heterocycles. The highest BCUT2D eigenvalue weighted by molar-refractivity contribution is 5.91. The first-order valence-electron chi connectivity index (χ1n) is 6.02. The smallest absolute Gasteiger partial charge is 0.351 e. The van der Waals surface area contributed by atoms with E-state index in [-0.39, 0.29) is 18.0 Å². The van der Waals surface area contributed by atoms with E-state index in [1.54, 1.807) is 18.2 Å². The predicted molar refractivity (Wildman–Crippen MR) is 75.0 cm³/mol. The first-order chi connectivity index (χ1) is 9.97. The molecule has 1 heterocycles. The fraction of sp³-hybridized carbons (Fsp3) is 0.133. The zero-order valence-electron chi connectivity index (χ0n) is 11.1. The second-order valence-corrected chi connectivity index (χ2v) is 4.22. The van der Waals surface area contributed by atoms with Gasteiger partial charge in [-0.2, -0.15) is 0 Å². The minimum absolute atomic E-state index is 0.171. The molecule has 2 rings (SSSR count). The number of aromatic carboxylic acids is 1. The number of fused-ring (bicyclic) bond motifs is 1. The summed E-state index contributed by atoms with van der Waals surface area (Å²) < 4.78 is 4.92. The number of hydrogen-bond donors (Lipinski definition) is 2. The minimum atomic E-state index is -1.34. The maximum atomic E-state index is 11.4. The van der Waals surface area contributed by atoms with Crippen LogP contribution in [0.25, 0.3) is 11.0 Å². The molecule has 0 spiro atoms. The number of carboxylic acids is 1. The summed E-state index contributed by atoms with van der Waals surface area (Å²) >= 11 is 0. The van der Waals surface area contributed by atoms with Crippen molar-refractivity contribution in [3.8, 4) is 11.8 Å². The van der Waals surface area contributed by atoms with Crippen LogP contribution in [0.2, 0.25) is 0 Å². The van der Waals surface area contributed by atoms with Crippen molar-refractivity contribution in [1.82, 2.24) is 5.32 Å². The summed E-state index contributed by atoms with van der Waals surface area (Å²) in [5.74, 6) is 4.07. The van der Waals surface area contributed by atoms with Crippen LogP contribution in [0.5, 0.6) is 0 Å². The molecule has 0 aliphatic heterocycles. The minimum Gasteiger partial charge on any atom is -0.477 e. The Morgan fingerprint density at radius 3 is 2.76 bits per heavy atom. The number of rotatable bonds is 2. The van der Waals surface area contributed by atoms with Gasteiger partial charge < -0.3 is 14.8 Å². The molecule has 0 unspecified atom stereocenters. The van der Waals surface area contributed by atoms with Gasteiger partial charge in [0.15, 0.2) is 0 Å². The van der Waals surface area contributed by atoms with E-state index in [9.17, 15) is 14.4 Å². The van der Waals surface area contributed by atoms with Crippen LogP contribution < -0.4 is 10.9 Å². The lowest BCUT2D eigenvalue weighted by Crippen LogP contribution is -2.19. The van der Waals surface area contributed by atoms with Crippen molar-refractivity contribution in [3.05, 3.63) is 45.8 Å². The second kappa shape index (κ2) is 5.92. The molecule has 1 amide bonds. The highest BCUT2D eigenvalue weighted by Crippen LogP contribution is 2.15. The third-order valence-electron chi connectivity index (χ3n) is 2.62. The van der Waals surface area contributed by atoms with E-state index in [4.69, 9.17) is 9.52 Å². The summed E-state index contributed by atoms with van der Waals surface area (Å²) in [6, 6.07) is 6.06. The predicted octanol–water partition coefficient (Wildman–Crippen LogP) is 0.979. The van der Waals surface area contributed by atoms with Crippen LogP contribution in [0.3, 0.4) is 0 Å². The molecule has 1 aromatic carbocycles. The molecule has 2 N–H and O–H groups in total. The molecule has 1 aromatic heterocycles. The molecule has 6 heteroatoms. The van der Waals surface area contributed by atoms with Gasteiger partial charge in [-0.25, -0.2) is 9.59 Å². The van der Waals surface area contributed by atoms with Gasteiger partial charge in [0.25, 0.3) is 0 Å². The molecular formula is C15H11NO5. The quantitative estimate of drug-likeness (QED) is 0.633. The SMILES string of the molecule is CC(=O)NCC#Cc1ccc2oc(=O)c(C(=O)O)cc2c1. The lowest BCUT2D eigenvalue weighted by Gasteiger charge is -1.99. The zero-order valence-corrected chi connectivity index (χ0v) is 11.1. The van der Waals surface area contributed by atoms with Crippen LogP contribution in [0.4, 0.5) is 0 Å². The van der Waals surface area contributed by atoms with Crippen LogP contribution in [0, 0.1) is 11.8 Å². The molecule has 0 atom stereocenters. The van der Waals surface area contributed by atoms with Crippen molar-refractivity contribution in [1.29, 1.82) is 0 Å². The average Bonchev–Trinajstić information content (AvgIpc) is 2.42. The number of nitrogens with one attached hydrogen (secondary N) is 1. The molecular weight excluding hydrogens is 274 g/mol. The normalized spacial score (nSPS) is 9.76. The van der Waals surface area contributed by atoms with Gasteiger partial charge >= 0.3 is 11.6 Å². The molecule has 0 fully saturated rings. The number of benzene rings is 1. The van der Waals surface area contributed by atoms with Crippen molar-refractivity contribution < 1.29 is 19.1 Å². The number of hydrogen-bond acceptors (Lipinski definition) is 4. The van der Waals surface area contributed by atoms with Crippen molar-refractivity contribution in [2.75, 3.05) is 6.54 Å². The largest absolute Gasteiger partial charge is 0.477 e. The van der Waals surface area contributed by atoms with Crippen LogP contribution >= 0.6 is 0 Å². The van der Waals surface area contributed by atoms with E-state index in [0.717, 1.165) is 0 Å².